The van der Waals surface area contributed by atoms with Gasteiger partial charge in [0, 0.05) is 11.1 Å². The van der Waals surface area contributed by atoms with Crippen molar-refractivity contribution in [2.24, 2.45) is 0 Å². The molecular weight excluding hydrogens is 360 g/mol. The minimum Gasteiger partial charge on any atom is -0.347 e. The summed E-state index contributed by atoms with van der Waals surface area (Å²) in [5.41, 5.74) is 3.70. The number of carbonyl (C=O) groups is 1. The lowest BCUT2D eigenvalue weighted by molar-refractivity contribution is 0.0919. The molecule has 2 aromatic rings. The van der Waals surface area contributed by atoms with Gasteiger partial charge in [0.15, 0.2) is 0 Å². The van der Waals surface area contributed by atoms with Gasteiger partial charge in [0.2, 0.25) is 10.0 Å². The third-order valence-electron chi connectivity index (χ3n) is 3.93. The van der Waals surface area contributed by atoms with Gasteiger partial charge in [-0.3, -0.25) is 9.10 Å². The summed E-state index contributed by atoms with van der Waals surface area (Å²) >= 11 is 0. The fourth-order valence-electron chi connectivity index (χ4n) is 2.83. The van der Waals surface area contributed by atoms with Crippen molar-refractivity contribution in [2.75, 3.05) is 10.6 Å². The molecular formula is C21H28N2O3S. The van der Waals surface area contributed by atoms with Gasteiger partial charge in [0.25, 0.3) is 5.91 Å². The Bertz CT molecular complexity index is 907. The van der Waals surface area contributed by atoms with Gasteiger partial charge in [-0.05, 0) is 75.6 Å². The van der Waals surface area contributed by atoms with E-state index in [2.05, 4.69) is 5.32 Å². The van der Waals surface area contributed by atoms with Crippen molar-refractivity contribution in [3.8, 4) is 0 Å². The molecule has 2 rings (SSSR count). The Labute approximate surface area is 162 Å². The van der Waals surface area contributed by atoms with E-state index in [1.807, 2.05) is 52.8 Å². The molecule has 0 radical (unpaired) electrons. The number of hydrogen-bond donors (Lipinski definition) is 1. The second-order valence-corrected chi connectivity index (χ2v) is 9.92. The van der Waals surface area contributed by atoms with E-state index in [9.17, 15) is 13.2 Å². The predicted octanol–water partition coefficient (Wildman–Crippen LogP) is 3.80. The van der Waals surface area contributed by atoms with Crippen LogP contribution in [-0.2, 0) is 16.6 Å². The largest absolute Gasteiger partial charge is 0.347 e. The van der Waals surface area contributed by atoms with E-state index in [0.717, 1.165) is 16.7 Å². The molecule has 6 heteroatoms. The number of benzene rings is 2. The van der Waals surface area contributed by atoms with Crippen LogP contribution in [0.25, 0.3) is 0 Å². The average Bonchev–Trinajstić information content (AvgIpc) is 2.49. The summed E-state index contributed by atoms with van der Waals surface area (Å²) in [4.78, 5) is 12.2. The first-order valence-corrected chi connectivity index (χ1v) is 10.7. The van der Waals surface area contributed by atoms with Crippen molar-refractivity contribution < 1.29 is 13.2 Å². The molecule has 0 saturated carbocycles. The summed E-state index contributed by atoms with van der Waals surface area (Å²) in [7, 11) is -3.45. The van der Waals surface area contributed by atoms with Gasteiger partial charge in [-0.1, -0.05) is 18.2 Å². The third kappa shape index (κ3) is 6.10. The van der Waals surface area contributed by atoms with E-state index in [0.29, 0.717) is 11.3 Å². The molecule has 0 aromatic heterocycles. The highest BCUT2D eigenvalue weighted by Gasteiger charge is 2.19. The lowest BCUT2D eigenvalue weighted by atomic mass is 10.1. The Morgan fingerprint density at radius 2 is 1.52 bits per heavy atom. The standard InChI is InChI=1S/C21H28N2O3S/c1-15-11-16(2)13-19(12-15)23(27(6,25)26)14-17-7-9-18(10-8-17)20(24)22-21(3,4)5/h7-13H,14H2,1-6H3,(H,22,24). The fraction of sp³-hybridized carbons (Fsp3) is 0.381. The molecule has 1 N–H and O–H groups in total. The molecule has 5 nitrogen and oxygen atoms in total. The molecule has 0 aliphatic carbocycles. The first-order valence-electron chi connectivity index (χ1n) is 8.83. The average molecular weight is 389 g/mol. The Hall–Kier alpha value is -2.34. The molecule has 0 saturated heterocycles. The summed E-state index contributed by atoms with van der Waals surface area (Å²) in [6.07, 6.45) is 1.20. The van der Waals surface area contributed by atoms with Crippen LogP contribution in [0.3, 0.4) is 0 Å². The number of amides is 1. The summed E-state index contributed by atoms with van der Waals surface area (Å²) in [6.45, 7) is 9.87. The van der Waals surface area contributed by atoms with Crippen LogP contribution in [-0.4, -0.2) is 26.1 Å². The highest BCUT2D eigenvalue weighted by Crippen LogP contribution is 2.23. The van der Waals surface area contributed by atoms with Gasteiger partial charge in [-0.2, -0.15) is 0 Å². The molecule has 0 bridgehead atoms. The van der Waals surface area contributed by atoms with Crippen LogP contribution in [0.1, 0.15) is 47.8 Å². The zero-order chi connectivity index (χ0) is 20.4. The molecule has 0 heterocycles. The lowest BCUT2D eigenvalue weighted by Crippen LogP contribution is -2.40. The Kier molecular flexibility index (Phi) is 6.00. The molecule has 0 fully saturated rings. The topological polar surface area (TPSA) is 66.5 Å². The monoisotopic (exact) mass is 388 g/mol. The van der Waals surface area contributed by atoms with Crippen molar-refractivity contribution in [3.63, 3.8) is 0 Å². The van der Waals surface area contributed by atoms with Gasteiger partial charge in [0.05, 0.1) is 18.5 Å². The van der Waals surface area contributed by atoms with Crippen molar-refractivity contribution in [3.05, 3.63) is 64.7 Å². The molecule has 0 aliphatic heterocycles. The van der Waals surface area contributed by atoms with Crippen LogP contribution in [0.5, 0.6) is 0 Å². The second-order valence-electron chi connectivity index (χ2n) is 8.02. The van der Waals surface area contributed by atoms with Crippen molar-refractivity contribution in [2.45, 2.75) is 46.7 Å². The number of anilines is 1. The number of nitrogens with one attached hydrogen (secondary N) is 1. The summed E-state index contributed by atoms with van der Waals surface area (Å²) in [6, 6.07) is 12.7. The maximum absolute atomic E-state index is 12.4. The smallest absolute Gasteiger partial charge is 0.251 e. The fourth-order valence-corrected chi connectivity index (χ4v) is 3.71. The summed E-state index contributed by atoms with van der Waals surface area (Å²) in [5.74, 6) is -0.150. The first kappa shape index (κ1) is 21.0. The van der Waals surface area contributed by atoms with Crippen LogP contribution >= 0.6 is 0 Å². The number of rotatable bonds is 5. The molecule has 2 aromatic carbocycles. The number of hydrogen-bond acceptors (Lipinski definition) is 3. The highest BCUT2D eigenvalue weighted by atomic mass is 32.2. The molecule has 0 spiro atoms. The number of sulfonamides is 1. The van der Waals surface area contributed by atoms with Gasteiger partial charge in [-0.25, -0.2) is 8.42 Å². The molecule has 146 valence electrons. The third-order valence-corrected chi connectivity index (χ3v) is 5.07. The van der Waals surface area contributed by atoms with Crippen LogP contribution in [0.2, 0.25) is 0 Å². The second kappa shape index (κ2) is 7.72. The van der Waals surface area contributed by atoms with E-state index in [-0.39, 0.29) is 18.0 Å². The highest BCUT2D eigenvalue weighted by molar-refractivity contribution is 7.92. The van der Waals surface area contributed by atoms with E-state index in [1.165, 1.54) is 10.6 Å². The van der Waals surface area contributed by atoms with Crippen LogP contribution in [0.4, 0.5) is 5.69 Å². The maximum Gasteiger partial charge on any atom is 0.251 e. The van der Waals surface area contributed by atoms with Gasteiger partial charge < -0.3 is 5.32 Å². The summed E-state index contributed by atoms with van der Waals surface area (Å²) < 4.78 is 26.1. The molecule has 0 atom stereocenters. The van der Waals surface area contributed by atoms with E-state index < -0.39 is 10.0 Å². The molecule has 27 heavy (non-hydrogen) atoms. The van der Waals surface area contributed by atoms with Crippen molar-refractivity contribution in [1.82, 2.24) is 5.32 Å². The normalized spacial score (nSPS) is 11.9. The van der Waals surface area contributed by atoms with Crippen molar-refractivity contribution in [1.29, 1.82) is 0 Å². The van der Waals surface area contributed by atoms with Crippen LogP contribution < -0.4 is 9.62 Å². The number of nitrogens with zero attached hydrogens (tertiary/aromatic N) is 1. The van der Waals surface area contributed by atoms with Crippen LogP contribution in [0, 0.1) is 13.8 Å². The number of carbonyl (C=O) groups excluding carboxylic acids is 1. The van der Waals surface area contributed by atoms with Gasteiger partial charge >= 0.3 is 0 Å². The van der Waals surface area contributed by atoms with E-state index in [4.69, 9.17) is 0 Å². The molecule has 1 amide bonds. The van der Waals surface area contributed by atoms with Crippen molar-refractivity contribution >= 4 is 21.6 Å². The minimum absolute atomic E-state index is 0.150. The molecule has 0 unspecified atom stereocenters. The predicted molar refractivity (Wildman–Crippen MR) is 111 cm³/mol. The molecule has 0 aliphatic rings. The number of aryl methyl sites for hydroxylation is 2. The summed E-state index contributed by atoms with van der Waals surface area (Å²) in [5, 5.41) is 2.91. The quantitative estimate of drug-likeness (QED) is 0.847. The van der Waals surface area contributed by atoms with E-state index in [1.54, 1.807) is 24.3 Å². The SMILES string of the molecule is Cc1cc(C)cc(N(Cc2ccc(C(=O)NC(C)(C)C)cc2)S(C)(=O)=O)c1. The Morgan fingerprint density at radius 1 is 1.00 bits per heavy atom. The minimum atomic E-state index is -3.45. The van der Waals surface area contributed by atoms with E-state index >= 15 is 0 Å². The Balaban J connectivity index is 2.27. The van der Waals surface area contributed by atoms with Gasteiger partial charge in [0.1, 0.15) is 0 Å². The van der Waals surface area contributed by atoms with Gasteiger partial charge in [-0.15, -0.1) is 0 Å². The lowest BCUT2D eigenvalue weighted by Gasteiger charge is -2.24. The zero-order valence-corrected chi connectivity index (χ0v) is 17.6. The Morgan fingerprint density at radius 3 is 1.96 bits per heavy atom. The zero-order valence-electron chi connectivity index (χ0n) is 16.8. The maximum atomic E-state index is 12.4. The van der Waals surface area contributed by atoms with Crippen LogP contribution in [0.15, 0.2) is 42.5 Å². The first-order chi connectivity index (χ1) is 12.3.